The minimum atomic E-state index is -4.56. The van der Waals surface area contributed by atoms with Crippen LogP contribution in [0.4, 0.5) is 24.5 Å². The monoisotopic (exact) mass is 527 g/mol. The van der Waals surface area contributed by atoms with Crippen LogP contribution in [-0.2, 0) is 18.0 Å². The molecule has 0 spiro atoms. The van der Waals surface area contributed by atoms with Gasteiger partial charge in [0.05, 0.1) is 41.6 Å². The molecule has 0 bridgehead atoms. The van der Waals surface area contributed by atoms with Gasteiger partial charge in [0.1, 0.15) is 5.69 Å². The summed E-state index contributed by atoms with van der Waals surface area (Å²) in [5.74, 6) is -0.560. The third kappa shape index (κ3) is 5.54. The minimum Gasteiger partial charge on any atom is -0.383 e. The highest BCUT2D eigenvalue weighted by molar-refractivity contribution is 6.06. The smallest absolute Gasteiger partial charge is 0.383 e. The van der Waals surface area contributed by atoms with Crippen LogP contribution >= 0.6 is 0 Å². The van der Waals surface area contributed by atoms with Gasteiger partial charge in [0.15, 0.2) is 0 Å². The topological polar surface area (TPSA) is 90.1 Å². The number of benzene rings is 2. The number of likely N-dealkylation sites (N-methyl/N-ethyl adjacent to an activating group) is 1. The summed E-state index contributed by atoms with van der Waals surface area (Å²) in [4.78, 5) is 15.0. The zero-order valence-electron chi connectivity index (χ0n) is 21.7. The standard InChI is InChI=1S/C26H28F3N7O2/c1-16-6-7-18(12-24(16)36-15-22(32-33-36)20-14-30-35(4)17(20)2)25(37)31-21-13-19(26(27,28)29)8-9-23(21)34(3)10-11-38-5/h6-9,12-15H,10-11H2,1-5H3,(H,31,37). The number of alkyl halides is 3. The molecular weight excluding hydrogens is 499 g/mol. The zero-order valence-corrected chi connectivity index (χ0v) is 21.7. The molecule has 0 unspecified atom stereocenters. The molecule has 200 valence electrons. The third-order valence-electron chi connectivity index (χ3n) is 6.34. The lowest BCUT2D eigenvalue weighted by atomic mass is 10.1. The number of aromatic nitrogens is 5. The Labute approximate surface area is 217 Å². The molecule has 0 saturated heterocycles. The molecule has 12 heteroatoms. The number of halogens is 3. The summed E-state index contributed by atoms with van der Waals surface area (Å²) in [6.45, 7) is 4.57. The number of carbonyl (C=O) groups is 1. The van der Waals surface area contributed by atoms with Gasteiger partial charge in [-0.05, 0) is 49.7 Å². The number of methoxy groups -OCH3 is 1. The van der Waals surface area contributed by atoms with E-state index in [9.17, 15) is 18.0 Å². The van der Waals surface area contributed by atoms with Gasteiger partial charge >= 0.3 is 6.18 Å². The highest BCUT2D eigenvalue weighted by Gasteiger charge is 2.31. The van der Waals surface area contributed by atoms with Crippen LogP contribution in [0.15, 0.2) is 48.8 Å². The molecule has 0 radical (unpaired) electrons. The highest BCUT2D eigenvalue weighted by Crippen LogP contribution is 2.35. The predicted octanol–water partition coefficient (Wildman–Crippen LogP) is 4.64. The number of anilines is 2. The van der Waals surface area contributed by atoms with Crippen LogP contribution in [0.25, 0.3) is 16.9 Å². The Morgan fingerprint density at radius 1 is 1.16 bits per heavy atom. The summed E-state index contributed by atoms with van der Waals surface area (Å²) in [6, 6.07) is 8.25. The van der Waals surface area contributed by atoms with Crippen molar-refractivity contribution in [1.29, 1.82) is 0 Å². The van der Waals surface area contributed by atoms with E-state index in [1.54, 1.807) is 51.9 Å². The maximum Gasteiger partial charge on any atom is 0.416 e. The van der Waals surface area contributed by atoms with E-state index in [1.165, 1.54) is 13.2 Å². The van der Waals surface area contributed by atoms with Gasteiger partial charge in [-0.25, -0.2) is 4.68 Å². The molecule has 0 aliphatic carbocycles. The van der Waals surface area contributed by atoms with Crippen LogP contribution in [0.1, 0.15) is 27.2 Å². The Morgan fingerprint density at radius 3 is 2.58 bits per heavy atom. The second-order valence-corrected chi connectivity index (χ2v) is 8.92. The summed E-state index contributed by atoms with van der Waals surface area (Å²) < 4.78 is 48.7. The molecule has 9 nitrogen and oxygen atoms in total. The van der Waals surface area contributed by atoms with Crippen LogP contribution in [0.5, 0.6) is 0 Å². The summed E-state index contributed by atoms with van der Waals surface area (Å²) in [6.07, 6.45) is -1.11. The Hall–Kier alpha value is -4.19. The van der Waals surface area contributed by atoms with Crippen LogP contribution in [0.2, 0.25) is 0 Å². The van der Waals surface area contributed by atoms with Gasteiger partial charge in [0, 0.05) is 44.6 Å². The van der Waals surface area contributed by atoms with Gasteiger partial charge in [0.25, 0.3) is 5.91 Å². The number of aryl methyl sites for hydroxylation is 2. The number of nitrogens with one attached hydrogen (secondary N) is 1. The number of amides is 1. The number of rotatable bonds is 8. The van der Waals surface area contributed by atoms with Crippen LogP contribution in [-0.4, -0.2) is 58.0 Å². The molecular formula is C26H28F3N7O2. The molecule has 0 aliphatic rings. The van der Waals surface area contributed by atoms with Crippen molar-refractivity contribution in [1.82, 2.24) is 24.8 Å². The molecule has 2 aromatic carbocycles. The van der Waals surface area contributed by atoms with Gasteiger partial charge in [-0.2, -0.15) is 18.3 Å². The number of nitrogens with zero attached hydrogens (tertiary/aromatic N) is 6. The number of carbonyl (C=O) groups excluding carboxylic acids is 1. The Morgan fingerprint density at radius 2 is 1.92 bits per heavy atom. The van der Waals surface area contributed by atoms with E-state index < -0.39 is 17.6 Å². The average molecular weight is 528 g/mol. The summed E-state index contributed by atoms with van der Waals surface area (Å²) >= 11 is 0. The van der Waals surface area contributed by atoms with Crippen molar-refractivity contribution >= 4 is 17.3 Å². The fourth-order valence-corrected chi connectivity index (χ4v) is 3.94. The fourth-order valence-electron chi connectivity index (χ4n) is 3.94. The maximum atomic E-state index is 13.4. The zero-order chi connectivity index (χ0) is 27.6. The Balaban J connectivity index is 1.65. The molecule has 0 aliphatic heterocycles. The molecule has 2 aromatic heterocycles. The van der Waals surface area contributed by atoms with E-state index in [4.69, 9.17) is 4.74 Å². The van der Waals surface area contributed by atoms with Crippen molar-refractivity contribution in [2.45, 2.75) is 20.0 Å². The van der Waals surface area contributed by atoms with E-state index in [1.807, 2.05) is 20.9 Å². The lowest BCUT2D eigenvalue weighted by molar-refractivity contribution is -0.137. The second-order valence-electron chi connectivity index (χ2n) is 8.92. The first-order chi connectivity index (χ1) is 18.0. The summed E-state index contributed by atoms with van der Waals surface area (Å²) in [5.41, 5.74) is 3.69. The van der Waals surface area contributed by atoms with Crippen molar-refractivity contribution in [3.8, 4) is 16.9 Å². The number of hydrogen-bond acceptors (Lipinski definition) is 6. The van der Waals surface area contributed by atoms with Crippen LogP contribution in [0, 0.1) is 13.8 Å². The van der Waals surface area contributed by atoms with E-state index >= 15 is 0 Å². The maximum absolute atomic E-state index is 13.4. The number of hydrogen-bond donors (Lipinski definition) is 1. The predicted molar refractivity (Wildman–Crippen MR) is 138 cm³/mol. The lowest BCUT2D eigenvalue weighted by Crippen LogP contribution is -2.24. The average Bonchev–Trinajstić information content (AvgIpc) is 3.48. The molecule has 0 fully saturated rings. The van der Waals surface area contributed by atoms with Gasteiger partial charge in [-0.3, -0.25) is 9.48 Å². The molecule has 1 amide bonds. The SMILES string of the molecule is COCCN(C)c1ccc(C(F)(F)F)cc1NC(=O)c1ccc(C)c(-n2cc(-c3cnn(C)c3C)nn2)c1. The molecule has 4 rings (SSSR count). The third-order valence-corrected chi connectivity index (χ3v) is 6.34. The molecule has 2 heterocycles. The molecule has 1 N–H and O–H groups in total. The highest BCUT2D eigenvalue weighted by atomic mass is 19.4. The first-order valence-corrected chi connectivity index (χ1v) is 11.7. The Kier molecular flexibility index (Phi) is 7.53. The fraction of sp³-hybridized carbons (Fsp3) is 0.308. The van der Waals surface area contributed by atoms with Crippen LogP contribution in [0.3, 0.4) is 0 Å². The van der Waals surface area contributed by atoms with Gasteiger partial charge < -0.3 is 15.0 Å². The first kappa shape index (κ1) is 26.9. The van der Waals surface area contributed by atoms with E-state index in [0.29, 0.717) is 30.2 Å². The van der Waals surface area contributed by atoms with Gasteiger partial charge in [-0.1, -0.05) is 11.3 Å². The first-order valence-electron chi connectivity index (χ1n) is 11.7. The second kappa shape index (κ2) is 10.7. The van der Waals surface area contributed by atoms with E-state index in [-0.39, 0.29) is 11.3 Å². The normalized spacial score (nSPS) is 11.6. The van der Waals surface area contributed by atoms with Crippen molar-refractivity contribution in [3.05, 3.63) is 71.2 Å². The Bertz CT molecular complexity index is 1460. The molecule has 0 atom stereocenters. The van der Waals surface area contributed by atoms with Gasteiger partial charge in [0.2, 0.25) is 0 Å². The molecule has 0 saturated carbocycles. The van der Waals surface area contributed by atoms with Crippen LogP contribution < -0.4 is 10.2 Å². The molecule has 38 heavy (non-hydrogen) atoms. The van der Waals surface area contributed by atoms with E-state index in [2.05, 4.69) is 20.7 Å². The number of ether oxygens (including phenoxy) is 1. The van der Waals surface area contributed by atoms with Crippen molar-refractivity contribution < 1.29 is 22.7 Å². The van der Waals surface area contributed by atoms with Crippen molar-refractivity contribution in [2.24, 2.45) is 7.05 Å². The largest absolute Gasteiger partial charge is 0.416 e. The lowest BCUT2D eigenvalue weighted by Gasteiger charge is -2.23. The summed E-state index contributed by atoms with van der Waals surface area (Å²) in [5, 5.41) is 15.4. The molecule has 4 aromatic rings. The minimum absolute atomic E-state index is 0.0423. The van der Waals surface area contributed by atoms with E-state index in [0.717, 1.165) is 29.0 Å². The van der Waals surface area contributed by atoms with Gasteiger partial charge in [-0.15, -0.1) is 5.10 Å². The van der Waals surface area contributed by atoms with Crippen molar-refractivity contribution in [3.63, 3.8) is 0 Å². The summed E-state index contributed by atoms with van der Waals surface area (Å²) in [7, 11) is 5.09. The van der Waals surface area contributed by atoms with Crippen molar-refractivity contribution in [2.75, 3.05) is 37.5 Å². The quantitative estimate of drug-likeness (QED) is 0.359.